The van der Waals surface area contributed by atoms with E-state index in [-0.39, 0.29) is 0 Å². The maximum atomic E-state index is 9.75. The number of hydrogen-bond acceptors (Lipinski definition) is 0. The Morgan fingerprint density at radius 3 is 1.20 bits per heavy atom. The SMILES string of the molecule is Cc1ccccc1C#[C][K].F[B-](F)(F)F.F[B-](F)(F)F.F[B-](F)(F)F. The normalized spacial score (nSPS) is 10.5. The molecule has 0 N–H and O–H groups in total. The number of aryl methyl sites for hydroxylation is 1. The average molecular weight is 415 g/mol. The molecule has 1 aromatic carbocycles. The molecule has 0 heterocycles. The Morgan fingerprint density at radius 2 is 0.960 bits per heavy atom. The van der Waals surface area contributed by atoms with Gasteiger partial charge in [-0.25, -0.2) is 0 Å². The van der Waals surface area contributed by atoms with Gasteiger partial charge in [-0.05, 0) is 0 Å². The molecule has 0 atom stereocenters. The van der Waals surface area contributed by atoms with E-state index in [2.05, 4.69) is 25.0 Å². The van der Waals surface area contributed by atoms with Gasteiger partial charge in [0.2, 0.25) is 0 Å². The minimum absolute atomic E-state index is 0.648. The molecule has 0 saturated carbocycles. The number of rotatable bonds is 0. The van der Waals surface area contributed by atoms with Crippen LogP contribution in [0.3, 0.4) is 0 Å². The van der Waals surface area contributed by atoms with Crippen molar-refractivity contribution in [2.75, 3.05) is 0 Å². The third kappa shape index (κ3) is 59.4. The standard InChI is InChI=1S/C9H7.3BF4.K/c1-3-9-7-5-4-6-8(9)2;3*2-1(3,4)5;/h4-7H,2H3;;;;/q;3*-1;. The average Bonchev–Trinajstić information content (AvgIpc) is 2.25. The molecule has 0 radical (unpaired) electrons. The van der Waals surface area contributed by atoms with Crippen LogP contribution in [0.15, 0.2) is 24.3 Å². The summed E-state index contributed by atoms with van der Waals surface area (Å²) in [6.07, 6.45) is 0. The summed E-state index contributed by atoms with van der Waals surface area (Å²) in [4.78, 5) is 0. The van der Waals surface area contributed by atoms with E-state index in [4.69, 9.17) is 0 Å². The van der Waals surface area contributed by atoms with E-state index in [1.807, 2.05) is 12.1 Å². The van der Waals surface area contributed by atoms with Crippen molar-refractivity contribution >= 4 is 70.7 Å². The predicted octanol–water partition coefficient (Wildman–Crippen LogP) is 5.37. The van der Waals surface area contributed by atoms with E-state index in [1.165, 1.54) is 11.1 Å². The van der Waals surface area contributed by atoms with Crippen LogP contribution in [0, 0.1) is 12.9 Å². The van der Waals surface area contributed by atoms with Crippen molar-refractivity contribution in [1.82, 2.24) is 0 Å². The zero-order chi connectivity index (χ0) is 20.9. The summed E-state index contributed by atoms with van der Waals surface area (Å²) in [6.45, 7) is 2.09. The van der Waals surface area contributed by atoms with Gasteiger partial charge in [-0.1, -0.05) is 0 Å². The van der Waals surface area contributed by atoms with Gasteiger partial charge in [0.15, 0.2) is 0 Å². The summed E-state index contributed by atoms with van der Waals surface area (Å²) in [5, 5.41) is 0. The maximum absolute atomic E-state index is 9.75. The van der Waals surface area contributed by atoms with Crippen LogP contribution < -0.4 is 0 Å². The number of hydrogen-bond donors (Lipinski definition) is 0. The Labute approximate surface area is 169 Å². The van der Waals surface area contributed by atoms with Gasteiger partial charge in [0, 0.05) is 0 Å². The van der Waals surface area contributed by atoms with Crippen LogP contribution in [-0.4, -0.2) is 70.7 Å². The second-order valence-corrected chi connectivity index (χ2v) is 4.46. The van der Waals surface area contributed by atoms with Gasteiger partial charge in [0.05, 0.1) is 0 Å². The molecule has 0 aliphatic rings. The molecule has 0 saturated heterocycles. The third-order valence-corrected chi connectivity index (χ3v) is 1.80. The molecule has 25 heavy (non-hydrogen) atoms. The van der Waals surface area contributed by atoms with Crippen LogP contribution in [0.25, 0.3) is 0 Å². The zero-order valence-corrected chi connectivity index (χ0v) is 15.7. The smallest absolute Gasteiger partial charge is 0.418 e. The van der Waals surface area contributed by atoms with Crippen molar-refractivity contribution in [2.45, 2.75) is 6.92 Å². The minimum atomic E-state index is -6.00. The molecular weight excluding hydrogens is 408 g/mol. The summed E-state index contributed by atoms with van der Waals surface area (Å²) < 4.78 is 120. The van der Waals surface area contributed by atoms with Crippen LogP contribution >= 0.6 is 0 Å². The molecule has 0 aromatic heterocycles. The fourth-order valence-corrected chi connectivity index (χ4v) is 1.27. The molecule has 1 rings (SSSR count). The van der Waals surface area contributed by atoms with E-state index in [0.717, 1.165) is 0 Å². The summed E-state index contributed by atoms with van der Waals surface area (Å²) >= 11 is 0.648. The molecule has 0 fully saturated rings. The summed E-state index contributed by atoms with van der Waals surface area (Å²) in [7, 11) is -18.0. The quantitative estimate of drug-likeness (QED) is 0.304. The zero-order valence-electron chi connectivity index (χ0n) is 12.6. The van der Waals surface area contributed by atoms with Crippen LogP contribution in [0.5, 0.6) is 0 Å². The first-order valence-electron chi connectivity index (χ1n) is 5.95. The van der Waals surface area contributed by atoms with Gasteiger partial charge < -0.3 is 51.8 Å². The second kappa shape index (κ2) is 13.9. The molecular formula is C9H7B3F12K-3. The van der Waals surface area contributed by atoms with Gasteiger partial charge in [0.1, 0.15) is 0 Å². The largest absolute Gasteiger partial charge is 0.673 e. The Morgan fingerprint density at radius 1 is 0.680 bits per heavy atom. The Hall–Kier alpha value is -0.229. The first-order chi connectivity index (χ1) is 10.8. The maximum Gasteiger partial charge on any atom is 0.673 e. The fourth-order valence-electron chi connectivity index (χ4n) is 0.848. The topological polar surface area (TPSA) is 0 Å². The first kappa shape index (κ1) is 29.5. The van der Waals surface area contributed by atoms with Gasteiger partial charge in [-0.2, -0.15) is 0 Å². The minimum Gasteiger partial charge on any atom is -0.418 e. The van der Waals surface area contributed by atoms with Crippen molar-refractivity contribution in [3.05, 3.63) is 35.4 Å². The van der Waals surface area contributed by atoms with Crippen molar-refractivity contribution in [3.63, 3.8) is 0 Å². The van der Waals surface area contributed by atoms with Crippen LogP contribution in [0.1, 0.15) is 11.1 Å². The molecule has 0 nitrogen and oxygen atoms in total. The molecule has 0 spiro atoms. The van der Waals surface area contributed by atoms with Crippen LogP contribution in [0.4, 0.5) is 51.8 Å². The Bertz CT molecular complexity index is 481. The monoisotopic (exact) mass is 415 g/mol. The first-order valence-corrected chi connectivity index (χ1v) is 7.51. The molecule has 0 unspecified atom stereocenters. The molecule has 16 heteroatoms. The van der Waals surface area contributed by atoms with Crippen LogP contribution in [0.2, 0.25) is 0 Å². The van der Waals surface area contributed by atoms with Gasteiger partial charge in [-0.15, -0.1) is 0 Å². The van der Waals surface area contributed by atoms with Crippen molar-refractivity contribution in [3.8, 4) is 5.94 Å². The molecule has 0 aliphatic carbocycles. The summed E-state index contributed by atoms with van der Waals surface area (Å²) in [5.74, 6) is 3.11. The molecule has 140 valence electrons. The third-order valence-electron chi connectivity index (χ3n) is 1.40. The molecule has 0 amide bonds. The van der Waals surface area contributed by atoms with Crippen molar-refractivity contribution in [2.24, 2.45) is 0 Å². The summed E-state index contributed by atoms with van der Waals surface area (Å²) in [6, 6.07) is 8.22. The van der Waals surface area contributed by atoms with Gasteiger partial charge in [-0.3, -0.25) is 0 Å². The van der Waals surface area contributed by atoms with E-state index in [9.17, 15) is 51.8 Å². The van der Waals surface area contributed by atoms with E-state index in [1.54, 1.807) is 0 Å². The fraction of sp³-hybridized carbons (Fsp3) is 0.111. The Balaban J connectivity index is -0.000000279. The molecule has 0 bridgehead atoms. The molecule has 1 aromatic rings. The number of halogens is 12. The van der Waals surface area contributed by atoms with Crippen LogP contribution in [-0.2, 0) is 0 Å². The number of benzene rings is 1. The van der Waals surface area contributed by atoms with Gasteiger partial charge >= 0.3 is 119 Å². The summed E-state index contributed by atoms with van der Waals surface area (Å²) in [5.41, 5.74) is 2.45. The Kier molecular flexibility index (Phi) is 16.4. The molecule has 0 aliphatic heterocycles. The van der Waals surface area contributed by atoms with E-state index >= 15 is 0 Å². The van der Waals surface area contributed by atoms with E-state index in [0.29, 0.717) is 49.0 Å². The second-order valence-electron chi connectivity index (χ2n) is 3.67. The predicted molar refractivity (Wildman–Crippen MR) is 74.4 cm³/mol. The van der Waals surface area contributed by atoms with Crippen molar-refractivity contribution in [1.29, 1.82) is 0 Å². The van der Waals surface area contributed by atoms with Gasteiger partial charge in [0.25, 0.3) is 0 Å². The van der Waals surface area contributed by atoms with E-state index < -0.39 is 21.8 Å². The van der Waals surface area contributed by atoms with Crippen molar-refractivity contribution < 1.29 is 51.8 Å².